The van der Waals surface area contributed by atoms with Crippen molar-refractivity contribution in [2.75, 3.05) is 12.1 Å². The van der Waals surface area contributed by atoms with Gasteiger partial charge in [0.25, 0.3) is 0 Å². The Morgan fingerprint density at radius 1 is 1.26 bits per heavy atom. The standard InChI is InChI=1S/C18H19BN4O3S/c1-11-3-6-14(12-4-5-13(19(24)25)16(9-12)26-2)22-23(11)18-17-15(7-8-27-17)20-10-21-18/h4-5,7-11,24-25H,3,6H2,1-2H3. The quantitative estimate of drug-likeness (QED) is 0.669. The molecule has 0 saturated heterocycles. The van der Waals surface area contributed by atoms with Gasteiger partial charge in [0, 0.05) is 11.0 Å². The second-order valence-electron chi connectivity index (χ2n) is 6.44. The maximum Gasteiger partial charge on any atom is 0.492 e. The number of rotatable bonds is 4. The highest BCUT2D eigenvalue weighted by Crippen LogP contribution is 2.32. The van der Waals surface area contributed by atoms with Crippen molar-refractivity contribution in [1.29, 1.82) is 0 Å². The average molecular weight is 382 g/mol. The molecule has 1 aliphatic rings. The van der Waals surface area contributed by atoms with Crippen molar-refractivity contribution in [3.8, 4) is 5.75 Å². The molecule has 0 radical (unpaired) electrons. The van der Waals surface area contributed by atoms with Crippen molar-refractivity contribution < 1.29 is 14.8 Å². The number of aromatic nitrogens is 2. The van der Waals surface area contributed by atoms with Gasteiger partial charge in [0.15, 0.2) is 5.82 Å². The monoisotopic (exact) mass is 382 g/mol. The number of hydrogen-bond donors (Lipinski definition) is 2. The molecule has 138 valence electrons. The molecule has 3 aromatic rings. The Labute approximate surface area is 161 Å². The lowest BCUT2D eigenvalue weighted by Crippen LogP contribution is -2.35. The van der Waals surface area contributed by atoms with E-state index in [0.717, 1.165) is 40.2 Å². The highest BCUT2D eigenvalue weighted by Gasteiger charge is 2.26. The summed E-state index contributed by atoms with van der Waals surface area (Å²) in [4.78, 5) is 8.79. The molecule has 4 rings (SSSR count). The largest absolute Gasteiger partial charge is 0.497 e. The number of methoxy groups -OCH3 is 1. The van der Waals surface area contributed by atoms with Crippen LogP contribution in [0.5, 0.6) is 5.75 Å². The fourth-order valence-electron chi connectivity index (χ4n) is 3.25. The van der Waals surface area contributed by atoms with Crippen LogP contribution in [0.2, 0.25) is 0 Å². The lowest BCUT2D eigenvalue weighted by molar-refractivity contribution is 0.403. The Morgan fingerprint density at radius 2 is 2.11 bits per heavy atom. The van der Waals surface area contributed by atoms with E-state index in [1.807, 2.05) is 22.5 Å². The van der Waals surface area contributed by atoms with Crippen LogP contribution in [0.1, 0.15) is 25.3 Å². The first-order valence-electron chi connectivity index (χ1n) is 8.68. The van der Waals surface area contributed by atoms with E-state index >= 15 is 0 Å². The van der Waals surface area contributed by atoms with Crippen LogP contribution in [-0.4, -0.2) is 46.0 Å². The third-order valence-corrected chi connectivity index (χ3v) is 5.63. The number of ether oxygens (including phenoxy) is 1. The number of anilines is 1. The van der Waals surface area contributed by atoms with Crippen molar-refractivity contribution >= 4 is 45.7 Å². The second kappa shape index (κ2) is 7.26. The van der Waals surface area contributed by atoms with Crippen LogP contribution in [0.25, 0.3) is 10.2 Å². The van der Waals surface area contributed by atoms with Gasteiger partial charge in [-0.05, 0) is 37.3 Å². The summed E-state index contributed by atoms with van der Waals surface area (Å²) in [5.74, 6) is 1.24. The predicted molar refractivity (Wildman–Crippen MR) is 108 cm³/mol. The van der Waals surface area contributed by atoms with Crippen LogP contribution < -0.4 is 15.2 Å². The summed E-state index contributed by atoms with van der Waals surface area (Å²) in [6.07, 6.45) is 3.32. The Morgan fingerprint density at radius 3 is 2.89 bits per heavy atom. The smallest absolute Gasteiger partial charge is 0.492 e. The molecule has 27 heavy (non-hydrogen) atoms. The van der Waals surface area contributed by atoms with E-state index in [2.05, 4.69) is 16.9 Å². The first-order chi connectivity index (χ1) is 13.1. The van der Waals surface area contributed by atoms with Crippen LogP contribution in [0.4, 0.5) is 5.82 Å². The minimum absolute atomic E-state index is 0.217. The van der Waals surface area contributed by atoms with E-state index in [1.54, 1.807) is 29.8 Å². The van der Waals surface area contributed by atoms with Gasteiger partial charge in [-0.2, -0.15) is 5.10 Å². The van der Waals surface area contributed by atoms with Gasteiger partial charge in [-0.1, -0.05) is 12.1 Å². The molecule has 0 aliphatic carbocycles. The molecule has 0 bridgehead atoms. The molecular weight excluding hydrogens is 363 g/mol. The Bertz CT molecular complexity index is 1010. The van der Waals surface area contributed by atoms with Crippen molar-refractivity contribution in [2.45, 2.75) is 25.8 Å². The normalized spacial score (nSPS) is 17.1. The van der Waals surface area contributed by atoms with Crippen molar-refractivity contribution in [1.82, 2.24) is 9.97 Å². The molecule has 0 saturated carbocycles. The fourth-order valence-corrected chi connectivity index (χ4v) is 4.07. The predicted octanol–water partition coefficient (Wildman–Crippen LogP) is 1.77. The van der Waals surface area contributed by atoms with E-state index in [1.165, 1.54) is 7.11 Å². The topological polar surface area (TPSA) is 91.1 Å². The van der Waals surface area contributed by atoms with Gasteiger partial charge in [-0.3, -0.25) is 0 Å². The number of fused-ring (bicyclic) bond motifs is 1. The summed E-state index contributed by atoms with van der Waals surface area (Å²) >= 11 is 1.61. The van der Waals surface area contributed by atoms with E-state index in [-0.39, 0.29) is 6.04 Å². The molecule has 2 aromatic heterocycles. The summed E-state index contributed by atoms with van der Waals surface area (Å²) in [5, 5.41) is 27.8. The molecule has 0 amide bonds. The second-order valence-corrected chi connectivity index (χ2v) is 7.36. The third-order valence-electron chi connectivity index (χ3n) is 4.73. The number of thiophene rings is 1. The summed E-state index contributed by atoms with van der Waals surface area (Å²) in [7, 11) is -0.0665. The number of hydrazone groups is 1. The van der Waals surface area contributed by atoms with Crippen molar-refractivity contribution in [3.63, 3.8) is 0 Å². The molecule has 2 N–H and O–H groups in total. The van der Waals surface area contributed by atoms with Gasteiger partial charge in [0.05, 0.1) is 29.1 Å². The summed E-state index contributed by atoms with van der Waals surface area (Å²) in [5.41, 5.74) is 3.06. The van der Waals surface area contributed by atoms with Gasteiger partial charge in [0.1, 0.15) is 12.1 Å². The van der Waals surface area contributed by atoms with Crippen LogP contribution in [0.15, 0.2) is 41.1 Å². The maximum atomic E-state index is 9.47. The zero-order chi connectivity index (χ0) is 19.0. The molecule has 1 unspecified atom stereocenters. The molecule has 3 heterocycles. The zero-order valence-corrected chi connectivity index (χ0v) is 15.8. The highest BCUT2D eigenvalue weighted by atomic mass is 32.1. The Hall–Kier alpha value is -2.49. The fraction of sp³-hybridized carbons (Fsp3) is 0.278. The molecule has 1 aromatic carbocycles. The molecule has 9 heteroatoms. The average Bonchev–Trinajstić information content (AvgIpc) is 3.16. The summed E-state index contributed by atoms with van der Waals surface area (Å²) in [6.45, 7) is 2.13. The third kappa shape index (κ3) is 3.29. The van der Waals surface area contributed by atoms with Crippen molar-refractivity contribution in [3.05, 3.63) is 41.5 Å². The lowest BCUT2D eigenvalue weighted by atomic mass is 9.79. The molecule has 0 spiro atoms. The first-order valence-corrected chi connectivity index (χ1v) is 9.56. The summed E-state index contributed by atoms with van der Waals surface area (Å²) in [6, 6.07) is 7.49. The minimum atomic E-state index is -1.58. The molecule has 0 fully saturated rings. The van der Waals surface area contributed by atoms with Gasteiger partial charge >= 0.3 is 7.12 Å². The van der Waals surface area contributed by atoms with E-state index in [4.69, 9.17) is 9.84 Å². The SMILES string of the molecule is COc1cc(C2=NN(c3ncnc4ccsc34)C(C)CC2)ccc1B(O)O. The number of hydrogen-bond acceptors (Lipinski definition) is 8. The Balaban J connectivity index is 1.76. The van der Waals surface area contributed by atoms with Crippen molar-refractivity contribution in [2.24, 2.45) is 5.10 Å². The zero-order valence-electron chi connectivity index (χ0n) is 15.0. The van der Waals surface area contributed by atoms with Crippen LogP contribution in [0.3, 0.4) is 0 Å². The van der Waals surface area contributed by atoms with Crippen LogP contribution in [0, 0.1) is 0 Å². The molecule has 1 aliphatic heterocycles. The lowest BCUT2D eigenvalue weighted by Gasteiger charge is -2.31. The molecule has 1 atom stereocenters. The van der Waals surface area contributed by atoms with Crippen LogP contribution >= 0.6 is 11.3 Å². The minimum Gasteiger partial charge on any atom is -0.497 e. The van der Waals surface area contributed by atoms with Gasteiger partial charge in [0.2, 0.25) is 0 Å². The van der Waals surface area contributed by atoms with Crippen LogP contribution in [-0.2, 0) is 0 Å². The number of nitrogens with zero attached hydrogens (tertiary/aromatic N) is 4. The highest BCUT2D eigenvalue weighted by molar-refractivity contribution is 7.17. The molecular formula is C18H19BN4O3S. The van der Waals surface area contributed by atoms with E-state index in [9.17, 15) is 10.0 Å². The van der Waals surface area contributed by atoms with Gasteiger partial charge in [-0.15, -0.1) is 11.3 Å². The molecule has 7 nitrogen and oxygen atoms in total. The summed E-state index contributed by atoms with van der Waals surface area (Å²) < 4.78 is 6.33. The van der Waals surface area contributed by atoms with E-state index in [0.29, 0.717) is 11.2 Å². The van der Waals surface area contributed by atoms with Gasteiger partial charge < -0.3 is 14.8 Å². The Kier molecular flexibility index (Phi) is 4.82. The van der Waals surface area contributed by atoms with Gasteiger partial charge in [-0.25, -0.2) is 15.0 Å². The van der Waals surface area contributed by atoms with E-state index < -0.39 is 7.12 Å². The number of benzene rings is 1. The maximum absolute atomic E-state index is 9.47. The first kappa shape index (κ1) is 17.9.